The van der Waals surface area contributed by atoms with Crippen molar-refractivity contribution in [3.63, 3.8) is 0 Å². The number of hydrogen-bond donors (Lipinski definition) is 1. The summed E-state index contributed by atoms with van der Waals surface area (Å²) in [4.78, 5) is 12.5. The molecule has 1 aromatic heterocycles. The molecule has 0 saturated heterocycles. The first-order chi connectivity index (χ1) is 12.5. The fourth-order valence-electron chi connectivity index (χ4n) is 3.46. The minimum absolute atomic E-state index is 0.00856. The average Bonchev–Trinajstić information content (AvgIpc) is 2.96. The summed E-state index contributed by atoms with van der Waals surface area (Å²) in [6, 6.07) is 16.5. The van der Waals surface area contributed by atoms with Crippen LogP contribution in [0.15, 0.2) is 54.7 Å². The lowest BCUT2D eigenvalue weighted by atomic mass is 9.88. The van der Waals surface area contributed by atoms with Gasteiger partial charge in [0.25, 0.3) is 0 Å². The summed E-state index contributed by atoms with van der Waals surface area (Å²) in [5.74, 6) is 0.872. The van der Waals surface area contributed by atoms with Gasteiger partial charge in [0.2, 0.25) is 5.91 Å². The summed E-state index contributed by atoms with van der Waals surface area (Å²) < 4.78 is 7.41. The summed E-state index contributed by atoms with van der Waals surface area (Å²) >= 11 is 0. The Hall–Kier alpha value is -2.75. The molecule has 3 rings (SSSR count). The highest BCUT2D eigenvalue weighted by molar-refractivity contribution is 5.86. The van der Waals surface area contributed by atoms with Gasteiger partial charge in [-0.1, -0.05) is 30.3 Å². The Morgan fingerprint density at radius 2 is 1.81 bits per heavy atom. The van der Waals surface area contributed by atoms with Crippen LogP contribution in [0, 0.1) is 0 Å². The van der Waals surface area contributed by atoms with Crippen molar-refractivity contribution in [3.8, 4) is 5.75 Å². The van der Waals surface area contributed by atoms with Gasteiger partial charge >= 0.3 is 0 Å². The Kier molecular flexibility index (Phi) is 5.31. The quantitative estimate of drug-likeness (QED) is 0.723. The molecule has 26 heavy (non-hydrogen) atoms. The first kappa shape index (κ1) is 18.1. The van der Waals surface area contributed by atoms with E-state index in [1.165, 1.54) is 16.5 Å². The average molecular weight is 350 g/mol. The van der Waals surface area contributed by atoms with Crippen molar-refractivity contribution in [2.24, 2.45) is 7.05 Å². The molecule has 4 nitrogen and oxygen atoms in total. The van der Waals surface area contributed by atoms with Gasteiger partial charge in [-0.3, -0.25) is 4.79 Å². The standard InChI is InChI=1S/C22H26N2O2/c1-15(2)23-22(25)13-19(16-9-11-17(26-4)12-10-16)20-14-24(3)21-8-6-5-7-18(20)21/h5-12,14-15,19H,13H2,1-4H3,(H,23,25)/t19-/m0/s1. The molecule has 0 aliphatic heterocycles. The molecule has 0 saturated carbocycles. The van der Waals surface area contributed by atoms with Crippen molar-refractivity contribution in [3.05, 3.63) is 65.9 Å². The van der Waals surface area contributed by atoms with Gasteiger partial charge in [0.05, 0.1) is 7.11 Å². The fourth-order valence-corrected chi connectivity index (χ4v) is 3.46. The Bertz CT molecular complexity index is 894. The summed E-state index contributed by atoms with van der Waals surface area (Å²) in [6.07, 6.45) is 2.56. The highest BCUT2D eigenvalue weighted by atomic mass is 16.5. The van der Waals surface area contributed by atoms with E-state index in [1.54, 1.807) is 7.11 Å². The molecule has 1 amide bonds. The molecule has 3 aromatic rings. The van der Waals surface area contributed by atoms with E-state index in [1.807, 2.05) is 57.3 Å². The number of aryl methyl sites for hydroxylation is 1. The van der Waals surface area contributed by atoms with Gasteiger partial charge in [-0.15, -0.1) is 0 Å². The first-order valence-corrected chi connectivity index (χ1v) is 8.97. The van der Waals surface area contributed by atoms with Crippen molar-refractivity contribution < 1.29 is 9.53 Å². The predicted octanol–water partition coefficient (Wildman–Crippen LogP) is 4.23. The third-order valence-corrected chi connectivity index (χ3v) is 4.66. The smallest absolute Gasteiger partial charge is 0.221 e. The van der Waals surface area contributed by atoms with Gasteiger partial charge < -0.3 is 14.6 Å². The Morgan fingerprint density at radius 1 is 1.12 bits per heavy atom. The van der Waals surface area contributed by atoms with E-state index in [4.69, 9.17) is 4.74 Å². The van der Waals surface area contributed by atoms with Crippen LogP contribution in [0.25, 0.3) is 10.9 Å². The van der Waals surface area contributed by atoms with Gasteiger partial charge in [0.1, 0.15) is 5.75 Å². The van der Waals surface area contributed by atoms with E-state index < -0.39 is 0 Å². The number of methoxy groups -OCH3 is 1. The second kappa shape index (κ2) is 7.65. The molecule has 2 aromatic carbocycles. The Labute approximate surface area is 154 Å². The zero-order valence-corrected chi connectivity index (χ0v) is 15.8. The lowest BCUT2D eigenvalue weighted by Gasteiger charge is -2.18. The van der Waals surface area contributed by atoms with Crippen molar-refractivity contribution >= 4 is 16.8 Å². The SMILES string of the molecule is COc1ccc([C@H](CC(=O)NC(C)C)c2cn(C)c3ccccc23)cc1. The number of nitrogens with zero attached hydrogens (tertiary/aromatic N) is 1. The fraction of sp³-hybridized carbons (Fsp3) is 0.318. The number of benzene rings is 2. The number of fused-ring (bicyclic) bond motifs is 1. The molecular formula is C22H26N2O2. The summed E-state index contributed by atoms with van der Waals surface area (Å²) in [6.45, 7) is 3.97. The van der Waals surface area contributed by atoms with Crippen LogP contribution in [0.3, 0.4) is 0 Å². The van der Waals surface area contributed by atoms with Crippen LogP contribution >= 0.6 is 0 Å². The number of amides is 1. The molecule has 1 atom stereocenters. The van der Waals surface area contributed by atoms with Gasteiger partial charge in [0.15, 0.2) is 0 Å². The number of hydrogen-bond acceptors (Lipinski definition) is 2. The van der Waals surface area contributed by atoms with Crippen LogP contribution in [-0.4, -0.2) is 23.6 Å². The minimum Gasteiger partial charge on any atom is -0.497 e. The molecule has 136 valence electrons. The molecule has 0 spiro atoms. The number of carbonyl (C=O) groups is 1. The van der Waals surface area contributed by atoms with Crippen LogP contribution in [0.4, 0.5) is 0 Å². The molecular weight excluding hydrogens is 324 g/mol. The Morgan fingerprint density at radius 3 is 2.46 bits per heavy atom. The molecule has 0 unspecified atom stereocenters. The highest BCUT2D eigenvalue weighted by Gasteiger charge is 2.22. The van der Waals surface area contributed by atoms with E-state index in [9.17, 15) is 4.79 Å². The van der Waals surface area contributed by atoms with E-state index in [0.29, 0.717) is 6.42 Å². The molecule has 1 heterocycles. The van der Waals surface area contributed by atoms with Crippen LogP contribution in [-0.2, 0) is 11.8 Å². The molecule has 0 aliphatic carbocycles. The van der Waals surface area contributed by atoms with Crippen LogP contribution in [0.5, 0.6) is 5.75 Å². The minimum atomic E-state index is -0.00856. The second-order valence-electron chi connectivity index (χ2n) is 6.96. The molecule has 1 N–H and O–H groups in total. The molecule has 0 aliphatic rings. The zero-order chi connectivity index (χ0) is 18.7. The summed E-state index contributed by atoms with van der Waals surface area (Å²) in [5, 5.41) is 4.21. The van der Waals surface area contributed by atoms with Gasteiger partial charge in [-0.2, -0.15) is 0 Å². The topological polar surface area (TPSA) is 43.3 Å². The Balaban J connectivity index is 2.05. The van der Waals surface area contributed by atoms with Crippen molar-refractivity contribution in [2.45, 2.75) is 32.2 Å². The van der Waals surface area contributed by atoms with Gasteiger partial charge in [0, 0.05) is 42.5 Å². The van der Waals surface area contributed by atoms with Crippen LogP contribution < -0.4 is 10.1 Å². The molecule has 0 fully saturated rings. The van der Waals surface area contributed by atoms with E-state index in [2.05, 4.69) is 28.2 Å². The maximum absolute atomic E-state index is 12.5. The lowest BCUT2D eigenvalue weighted by Crippen LogP contribution is -2.31. The zero-order valence-electron chi connectivity index (χ0n) is 15.8. The second-order valence-corrected chi connectivity index (χ2v) is 6.96. The third kappa shape index (κ3) is 3.74. The normalized spacial score (nSPS) is 12.3. The molecule has 0 bridgehead atoms. The number of para-hydroxylation sites is 1. The maximum atomic E-state index is 12.5. The number of carbonyl (C=O) groups excluding carboxylic acids is 1. The van der Waals surface area contributed by atoms with Crippen molar-refractivity contribution in [1.29, 1.82) is 0 Å². The third-order valence-electron chi connectivity index (χ3n) is 4.66. The van der Waals surface area contributed by atoms with Crippen LogP contribution in [0.2, 0.25) is 0 Å². The van der Waals surface area contributed by atoms with Crippen molar-refractivity contribution in [1.82, 2.24) is 9.88 Å². The summed E-state index contributed by atoms with van der Waals surface area (Å²) in [5.41, 5.74) is 3.46. The van der Waals surface area contributed by atoms with Gasteiger partial charge in [-0.25, -0.2) is 0 Å². The van der Waals surface area contributed by atoms with Crippen LogP contribution in [0.1, 0.15) is 37.3 Å². The summed E-state index contributed by atoms with van der Waals surface area (Å²) in [7, 11) is 3.71. The molecule has 4 heteroatoms. The predicted molar refractivity (Wildman–Crippen MR) is 106 cm³/mol. The van der Waals surface area contributed by atoms with E-state index >= 15 is 0 Å². The number of ether oxygens (including phenoxy) is 1. The van der Waals surface area contributed by atoms with E-state index in [0.717, 1.165) is 11.3 Å². The molecule has 0 radical (unpaired) electrons. The monoisotopic (exact) mass is 350 g/mol. The number of nitrogens with one attached hydrogen (secondary N) is 1. The maximum Gasteiger partial charge on any atom is 0.221 e. The lowest BCUT2D eigenvalue weighted by molar-refractivity contribution is -0.121. The number of rotatable bonds is 6. The first-order valence-electron chi connectivity index (χ1n) is 8.97. The van der Waals surface area contributed by atoms with E-state index in [-0.39, 0.29) is 17.9 Å². The van der Waals surface area contributed by atoms with Gasteiger partial charge in [-0.05, 0) is 43.2 Å². The van der Waals surface area contributed by atoms with Crippen molar-refractivity contribution in [2.75, 3.05) is 7.11 Å². The number of aromatic nitrogens is 1. The largest absolute Gasteiger partial charge is 0.497 e. The highest BCUT2D eigenvalue weighted by Crippen LogP contribution is 2.35.